The van der Waals surface area contributed by atoms with Gasteiger partial charge in [0.25, 0.3) is 0 Å². The number of nitrogens with zero attached hydrogens (tertiary/aromatic N) is 2. The van der Waals surface area contributed by atoms with Gasteiger partial charge in [0, 0.05) is 21.8 Å². The molecule has 2 aromatic heterocycles. The highest BCUT2D eigenvalue weighted by Gasteiger charge is 2.34. The Hall–Kier alpha value is -2.74. The van der Waals surface area contributed by atoms with Gasteiger partial charge in [0.2, 0.25) is 11.8 Å². The van der Waals surface area contributed by atoms with Crippen molar-refractivity contribution in [1.29, 1.82) is 0 Å². The molecular formula is C19H9BrF4N2O. The topological polar surface area (TPSA) is 38.9 Å². The standard InChI is InChI=1S/C19H9BrF4N2O/c20-12-3-5-16-15(8-12)26-18(27-16)10-1-4-13(14(7-10)19(22,23)24)11-2-6-17(21)25-9-11/h1-9H. The van der Waals surface area contributed by atoms with Crippen molar-refractivity contribution in [2.75, 3.05) is 0 Å². The molecule has 0 N–H and O–H groups in total. The molecule has 0 bridgehead atoms. The van der Waals surface area contributed by atoms with Crippen LogP contribution in [0, 0.1) is 5.95 Å². The number of pyridine rings is 1. The molecule has 0 aliphatic heterocycles. The van der Waals surface area contributed by atoms with Gasteiger partial charge in [-0.2, -0.15) is 17.6 Å². The summed E-state index contributed by atoms with van der Waals surface area (Å²) in [5, 5.41) is 0. The summed E-state index contributed by atoms with van der Waals surface area (Å²) in [6, 6.07) is 11.2. The highest BCUT2D eigenvalue weighted by Crippen LogP contribution is 2.39. The second kappa shape index (κ2) is 6.45. The van der Waals surface area contributed by atoms with Crippen LogP contribution in [0.25, 0.3) is 33.7 Å². The van der Waals surface area contributed by atoms with Crippen LogP contribution in [0.5, 0.6) is 0 Å². The largest absolute Gasteiger partial charge is 0.436 e. The number of aromatic nitrogens is 2. The molecule has 2 aromatic carbocycles. The zero-order valence-electron chi connectivity index (χ0n) is 13.4. The lowest BCUT2D eigenvalue weighted by Crippen LogP contribution is -2.07. The molecule has 0 spiro atoms. The van der Waals surface area contributed by atoms with Crippen molar-refractivity contribution in [2.24, 2.45) is 0 Å². The van der Waals surface area contributed by atoms with Crippen LogP contribution in [0.2, 0.25) is 0 Å². The Bertz CT molecular complexity index is 1140. The van der Waals surface area contributed by atoms with Gasteiger partial charge in [-0.25, -0.2) is 9.97 Å². The van der Waals surface area contributed by atoms with Crippen molar-refractivity contribution in [3.63, 3.8) is 0 Å². The number of hydrogen-bond donors (Lipinski definition) is 0. The van der Waals surface area contributed by atoms with E-state index in [4.69, 9.17) is 4.42 Å². The van der Waals surface area contributed by atoms with Gasteiger partial charge in [0.05, 0.1) is 5.56 Å². The van der Waals surface area contributed by atoms with Crippen LogP contribution in [-0.2, 0) is 6.18 Å². The maximum absolute atomic E-state index is 13.6. The lowest BCUT2D eigenvalue weighted by Gasteiger charge is -2.14. The number of rotatable bonds is 2. The van der Waals surface area contributed by atoms with E-state index in [0.717, 1.165) is 22.8 Å². The molecule has 0 radical (unpaired) electrons. The average molecular weight is 437 g/mol. The van der Waals surface area contributed by atoms with E-state index in [1.807, 2.05) is 0 Å². The Balaban J connectivity index is 1.86. The summed E-state index contributed by atoms with van der Waals surface area (Å²) in [7, 11) is 0. The number of hydrogen-bond acceptors (Lipinski definition) is 3. The molecule has 0 aliphatic carbocycles. The van der Waals surface area contributed by atoms with E-state index in [1.54, 1.807) is 18.2 Å². The number of alkyl halides is 3. The van der Waals surface area contributed by atoms with E-state index in [2.05, 4.69) is 25.9 Å². The van der Waals surface area contributed by atoms with E-state index >= 15 is 0 Å². The van der Waals surface area contributed by atoms with Gasteiger partial charge in [0.1, 0.15) is 5.52 Å². The maximum atomic E-state index is 13.6. The highest BCUT2D eigenvalue weighted by molar-refractivity contribution is 9.10. The van der Waals surface area contributed by atoms with Crippen LogP contribution in [0.4, 0.5) is 17.6 Å². The second-order valence-electron chi connectivity index (χ2n) is 5.76. The minimum atomic E-state index is -4.62. The summed E-state index contributed by atoms with van der Waals surface area (Å²) < 4.78 is 60.2. The maximum Gasteiger partial charge on any atom is 0.417 e. The van der Waals surface area contributed by atoms with Crippen molar-refractivity contribution in [3.8, 4) is 22.6 Å². The van der Waals surface area contributed by atoms with Crippen LogP contribution in [0.15, 0.2) is 63.6 Å². The van der Waals surface area contributed by atoms with E-state index in [9.17, 15) is 17.6 Å². The molecule has 0 saturated heterocycles. The minimum absolute atomic E-state index is 0.0809. The third kappa shape index (κ3) is 3.44. The van der Waals surface area contributed by atoms with Gasteiger partial charge >= 0.3 is 6.18 Å². The second-order valence-corrected chi connectivity index (χ2v) is 6.67. The zero-order valence-corrected chi connectivity index (χ0v) is 15.0. The lowest BCUT2D eigenvalue weighted by molar-refractivity contribution is -0.137. The first-order chi connectivity index (χ1) is 12.8. The molecule has 0 atom stereocenters. The van der Waals surface area contributed by atoms with Crippen LogP contribution in [-0.4, -0.2) is 9.97 Å². The average Bonchev–Trinajstić information content (AvgIpc) is 3.04. The third-order valence-electron chi connectivity index (χ3n) is 3.96. The fourth-order valence-corrected chi connectivity index (χ4v) is 3.07. The predicted octanol–water partition coefficient (Wildman–Crippen LogP) is 6.48. The van der Waals surface area contributed by atoms with Gasteiger partial charge in [-0.15, -0.1) is 0 Å². The van der Waals surface area contributed by atoms with Crippen molar-refractivity contribution in [3.05, 3.63) is 70.7 Å². The van der Waals surface area contributed by atoms with Gasteiger partial charge in [-0.1, -0.05) is 22.0 Å². The molecule has 27 heavy (non-hydrogen) atoms. The van der Waals surface area contributed by atoms with Gasteiger partial charge in [-0.05, 0) is 48.0 Å². The lowest BCUT2D eigenvalue weighted by atomic mass is 9.98. The predicted molar refractivity (Wildman–Crippen MR) is 95.3 cm³/mol. The van der Waals surface area contributed by atoms with E-state index in [-0.39, 0.29) is 22.6 Å². The highest BCUT2D eigenvalue weighted by atomic mass is 79.9. The third-order valence-corrected chi connectivity index (χ3v) is 4.45. The molecule has 0 unspecified atom stereocenters. The fourth-order valence-electron chi connectivity index (χ4n) is 2.72. The fraction of sp³-hybridized carbons (Fsp3) is 0.0526. The van der Waals surface area contributed by atoms with Crippen LogP contribution in [0.3, 0.4) is 0 Å². The number of fused-ring (bicyclic) bond motifs is 1. The summed E-state index contributed by atoms with van der Waals surface area (Å²) in [6.07, 6.45) is -3.55. The molecule has 3 nitrogen and oxygen atoms in total. The van der Waals surface area contributed by atoms with Crippen molar-refractivity contribution in [1.82, 2.24) is 9.97 Å². The summed E-state index contributed by atoms with van der Waals surface area (Å²) in [6.45, 7) is 0. The number of oxazole rings is 1. The summed E-state index contributed by atoms with van der Waals surface area (Å²) >= 11 is 3.31. The molecule has 4 rings (SSSR count). The summed E-state index contributed by atoms with van der Waals surface area (Å²) in [4.78, 5) is 7.68. The summed E-state index contributed by atoms with van der Waals surface area (Å²) in [5.41, 5.74) is 0.369. The Kier molecular flexibility index (Phi) is 4.22. The molecule has 4 aromatic rings. The van der Waals surface area contributed by atoms with Crippen molar-refractivity contribution < 1.29 is 22.0 Å². The van der Waals surface area contributed by atoms with E-state index in [1.165, 1.54) is 18.2 Å². The monoisotopic (exact) mass is 436 g/mol. The Morgan fingerprint density at radius 2 is 1.70 bits per heavy atom. The van der Waals surface area contributed by atoms with Crippen LogP contribution in [0.1, 0.15) is 5.56 Å². The first-order valence-corrected chi connectivity index (χ1v) is 8.50. The summed E-state index contributed by atoms with van der Waals surface area (Å²) in [5.74, 6) is -0.682. The van der Waals surface area contributed by atoms with Crippen LogP contribution >= 0.6 is 15.9 Å². The van der Waals surface area contributed by atoms with Gasteiger partial charge < -0.3 is 4.42 Å². The molecule has 0 aliphatic rings. The quantitative estimate of drug-likeness (QED) is 0.266. The Labute approximate surface area is 158 Å². The smallest absolute Gasteiger partial charge is 0.417 e. The molecular weight excluding hydrogens is 428 g/mol. The SMILES string of the molecule is Fc1ccc(-c2ccc(-c3nc4cc(Br)ccc4o3)cc2C(F)(F)F)cn1. The van der Waals surface area contributed by atoms with Gasteiger partial charge in [-0.3, -0.25) is 0 Å². The molecule has 8 heteroatoms. The first-order valence-electron chi connectivity index (χ1n) is 7.71. The minimum Gasteiger partial charge on any atom is -0.436 e. The molecule has 0 fully saturated rings. The van der Waals surface area contributed by atoms with Crippen molar-refractivity contribution in [2.45, 2.75) is 6.18 Å². The molecule has 0 saturated carbocycles. The number of halogens is 5. The van der Waals surface area contributed by atoms with Gasteiger partial charge in [0.15, 0.2) is 5.58 Å². The first kappa shape index (κ1) is 17.7. The molecule has 0 amide bonds. The molecule has 136 valence electrons. The molecule has 2 heterocycles. The van der Waals surface area contributed by atoms with Crippen molar-refractivity contribution >= 4 is 27.0 Å². The Morgan fingerprint density at radius 1 is 0.926 bits per heavy atom. The van der Waals surface area contributed by atoms with E-state index < -0.39 is 17.7 Å². The van der Waals surface area contributed by atoms with E-state index in [0.29, 0.717) is 11.1 Å². The number of benzene rings is 2. The zero-order chi connectivity index (χ0) is 19.2. The van der Waals surface area contributed by atoms with Crippen LogP contribution < -0.4 is 0 Å². The normalized spacial score (nSPS) is 11.9. The Morgan fingerprint density at radius 3 is 2.41 bits per heavy atom.